The van der Waals surface area contributed by atoms with Crippen LogP contribution in [0.25, 0.3) is 11.2 Å². The molecule has 1 aliphatic heterocycles. The molecular formula is C12H13N5O4. The fourth-order valence-electron chi connectivity index (χ4n) is 2.55. The highest BCUT2D eigenvalue weighted by Crippen LogP contribution is 2.28. The standard InChI is InChI=1S/C12H13N5O4/c18-12(19)16-3-1-7(2-4-16)10-14-9-5-8(17(20)21)6-13-11(9)15-10/h5-7H,1-4H2,(H,18,19)(H,13,14,15). The Balaban J connectivity index is 1.82. The minimum atomic E-state index is -0.907. The molecule has 9 nitrogen and oxygen atoms in total. The number of aromatic nitrogens is 3. The fraction of sp³-hybridized carbons (Fsp3) is 0.417. The zero-order valence-corrected chi connectivity index (χ0v) is 11.0. The van der Waals surface area contributed by atoms with Crippen LogP contribution in [0.4, 0.5) is 10.5 Å². The molecule has 0 aromatic carbocycles. The van der Waals surface area contributed by atoms with E-state index in [1.165, 1.54) is 17.2 Å². The van der Waals surface area contributed by atoms with Gasteiger partial charge >= 0.3 is 6.09 Å². The molecule has 3 rings (SSSR count). The summed E-state index contributed by atoms with van der Waals surface area (Å²) < 4.78 is 0. The zero-order chi connectivity index (χ0) is 15.0. The Kier molecular flexibility index (Phi) is 3.16. The van der Waals surface area contributed by atoms with Gasteiger partial charge in [-0.2, -0.15) is 0 Å². The van der Waals surface area contributed by atoms with Crippen LogP contribution >= 0.6 is 0 Å². The maximum atomic E-state index is 10.9. The van der Waals surface area contributed by atoms with Crippen LogP contribution < -0.4 is 0 Å². The molecule has 0 unspecified atom stereocenters. The summed E-state index contributed by atoms with van der Waals surface area (Å²) in [5.74, 6) is 0.830. The average Bonchev–Trinajstić information content (AvgIpc) is 2.90. The lowest BCUT2D eigenvalue weighted by Crippen LogP contribution is -2.37. The smallest absolute Gasteiger partial charge is 0.407 e. The molecule has 9 heteroatoms. The normalized spacial score (nSPS) is 16.3. The lowest BCUT2D eigenvalue weighted by Gasteiger charge is -2.28. The summed E-state index contributed by atoms with van der Waals surface area (Å²) in [6.07, 6.45) is 1.62. The maximum absolute atomic E-state index is 10.9. The molecule has 1 fully saturated rings. The number of carboxylic acid groups (broad SMARTS) is 1. The van der Waals surface area contributed by atoms with Crippen molar-refractivity contribution in [3.63, 3.8) is 0 Å². The van der Waals surface area contributed by atoms with Crippen molar-refractivity contribution in [1.82, 2.24) is 19.9 Å². The minimum absolute atomic E-state index is 0.0848. The summed E-state index contributed by atoms with van der Waals surface area (Å²) in [5.41, 5.74) is 0.884. The fourth-order valence-corrected chi connectivity index (χ4v) is 2.55. The highest BCUT2D eigenvalue weighted by Gasteiger charge is 2.25. The van der Waals surface area contributed by atoms with Gasteiger partial charge < -0.3 is 15.0 Å². The highest BCUT2D eigenvalue weighted by molar-refractivity contribution is 5.73. The first-order chi connectivity index (χ1) is 10.0. The first kappa shape index (κ1) is 13.3. The van der Waals surface area contributed by atoms with Gasteiger partial charge in [0.15, 0.2) is 5.65 Å². The van der Waals surface area contributed by atoms with E-state index in [0.29, 0.717) is 42.9 Å². The van der Waals surface area contributed by atoms with Crippen molar-refractivity contribution in [2.75, 3.05) is 13.1 Å². The van der Waals surface area contributed by atoms with E-state index >= 15 is 0 Å². The molecule has 2 aromatic rings. The zero-order valence-electron chi connectivity index (χ0n) is 11.0. The number of nitrogens with one attached hydrogen (secondary N) is 1. The Morgan fingerprint density at radius 3 is 2.81 bits per heavy atom. The van der Waals surface area contributed by atoms with Crippen LogP contribution in [0.1, 0.15) is 24.6 Å². The van der Waals surface area contributed by atoms with E-state index < -0.39 is 11.0 Å². The Hall–Kier alpha value is -2.71. The first-order valence-corrected chi connectivity index (χ1v) is 6.52. The van der Waals surface area contributed by atoms with Crippen molar-refractivity contribution >= 4 is 22.9 Å². The molecule has 1 aliphatic rings. The molecule has 21 heavy (non-hydrogen) atoms. The van der Waals surface area contributed by atoms with Crippen molar-refractivity contribution in [2.24, 2.45) is 0 Å². The predicted molar refractivity (Wildman–Crippen MR) is 72.1 cm³/mol. The number of nitro groups is 1. The number of nitrogens with zero attached hydrogens (tertiary/aromatic N) is 4. The van der Waals surface area contributed by atoms with Gasteiger partial charge in [-0.05, 0) is 12.8 Å². The number of H-pyrrole nitrogens is 1. The van der Waals surface area contributed by atoms with Gasteiger partial charge in [0, 0.05) is 25.1 Å². The highest BCUT2D eigenvalue weighted by atomic mass is 16.6. The quantitative estimate of drug-likeness (QED) is 0.641. The number of carbonyl (C=O) groups is 1. The molecule has 0 saturated carbocycles. The van der Waals surface area contributed by atoms with Crippen LogP contribution in [-0.4, -0.2) is 49.1 Å². The molecule has 0 radical (unpaired) electrons. The molecule has 1 amide bonds. The summed E-state index contributed by atoms with van der Waals surface area (Å²) in [5, 5.41) is 19.6. The number of pyridine rings is 1. The number of hydrogen-bond donors (Lipinski definition) is 2. The van der Waals surface area contributed by atoms with Crippen LogP contribution in [0.2, 0.25) is 0 Å². The maximum Gasteiger partial charge on any atom is 0.407 e. The summed E-state index contributed by atoms with van der Waals surface area (Å²) >= 11 is 0. The Bertz CT molecular complexity index is 705. The molecule has 0 aliphatic carbocycles. The van der Waals surface area contributed by atoms with Gasteiger partial charge in [-0.1, -0.05) is 0 Å². The van der Waals surface area contributed by atoms with E-state index in [0.717, 1.165) is 0 Å². The number of likely N-dealkylation sites (tertiary alicyclic amines) is 1. The average molecular weight is 291 g/mol. The van der Waals surface area contributed by atoms with Crippen molar-refractivity contribution in [3.05, 3.63) is 28.2 Å². The topological polar surface area (TPSA) is 125 Å². The molecular weight excluding hydrogens is 278 g/mol. The van der Waals surface area contributed by atoms with E-state index in [1.54, 1.807) is 0 Å². The molecule has 0 atom stereocenters. The van der Waals surface area contributed by atoms with Crippen LogP contribution in [0.15, 0.2) is 12.3 Å². The monoisotopic (exact) mass is 291 g/mol. The third-order valence-corrected chi connectivity index (χ3v) is 3.70. The molecule has 110 valence electrons. The molecule has 0 spiro atoms. The molecule has 0 bridgehead atoms. The number of piperidine rings is 1. The number of amides is 1. The molecule has 2 aromatic heterocycles. The van der Waals surface area contributed by atoms with Gasteiger partial charge in [-0.3, -0.25) is 10.1 Å². The van der Waals surface area contributed by atoms with E-state index in [2.05, 4.69) is 15.0 Å². The summed E-state index contributed by atoms with van der Waals surface area (Å²) in [6, 6.07) is 1.41. The lowest BCUT2D eigenvalue weighted by atomic mass is 9.96. The van der Waals surface area contributed by atoms with E-state index in [1.807, 2.05) is 0 Å². The van der Waals surface area contributed by atoms with Crippen molar-refractivity contribution in [2.45, 2.75) is 18.8 Å². The number of imidazole rings is 1. The van der Waals surface area contributed by atoms with E-state index in [4.69, 9.17) is 5.11 Å². The first-order valence-electron chi connectivity index (χ1n) is 6.52. The molecule has 1 saturated heterocycles. The number of hydrogen-bond acceptors (Lipinski definition) is 5. The third-order valence-electron chi connectivity index (χ3n) is 3.70. The van der Waals surface area contributed by atoms with Crippen molar-refractivity contribution < 1.29 is 14.8 Å². The second kappa shape index (κ2) is 5.00. The lowest BCUT2D eigenvalue weighted by molar-refractivity contribution is -0.385. The van der Waals surface area contributed by atoms with Crippen LogP contribution in [0, 0.1) is 10.1 Å². The van der Waals surface area contributed by atoms with Gasteiger partial charge in [0.2, 0.25) is 0 Å². The second-order valence-corrected chi connectivity index (χ2v) is 4.99. The van der Waals surface area contributed by atoms with Crippen LogP contribution in [0.3, 0.4) is 0 Å². The molecule has 3 heterocycles. The Morgan fingerprint density at radius 1 is 1.48 bits per heavy atom. The summed E-state index contributed by atoms with van der Waals surface area (Å²) in [4.78, 5) is 33.9. The van der Waals surface area contributed by atoms with Crippen LogP contribution in [0.5, 0.6) is 0 Å². The van der Waals surface area contributed by atoms with Gasteiger partial charge in [-0.15, -0.1) is 0 Å². The molecule has 2 N–H and O–H groups in total. The van der Waals surface area contributed by atoms with Gasteiger partial charge in [0.1, 0.15) is 12.0 Å². The van der Waals surface area contributed by atoms with E-state index in [9.17, 15) is 14.9 Å². The number of fused-ring (bicyclic) bond motifs is 1. The largest absolute Gasteiger partial charge is 0.465 e. The van der Waals surface area contributed by atoms with Gasteiger partial charge in [0.25, 0.3) is 5.69 Å². The Morgan fingerprint density at radius 2 is 2.19 bits per heavy atom. The van der Waals surface area contributed by atoms with Gasteiger partial charge in [0.05, 0.1) is 10.4 Å². The van der Waals surface area contributed by atoms with Gasteiger partial charge in [-0.25, -0.2) is 14.8 Å². The second-order valence-electron chi connectivity index (χ2n) is 4.99. The van der Waals surface area contributed by atoms with Crippen molar-refractivity contribution in [3.8, 4) is 0 Å². The summed E-state index contributed by atoms with van der Waals surface area (Å²) in [6.45, 7) is 0.926. The third kappa shape index (κ3) is 2.49. The minimum Gasteiger partial charge on any atom is -0.465 e. The Labute approximate surface area is 118 Å². The number of rotatable bonds is 2. The van der Waals surface area contributed by atoms with Crippen LogP contribution in [-0.2, 0) is 0 Å². The number of aromatic amines is 1. The van der Waals surface area contributed by atoms with Crippen molar-refractivity contribution in [1.29, 1.82) is 0 Å². The summed E-state index contributed by atoms with van der Waals surface area (Å²) in [7, 11) is 0. The van der Waals surface area contributed by atoms with E-state index in [-0.39, 0.29) is 11.6 Å². The predicted octanol–water partition coefficient (Wildman–Crippen LogP) is 1.72. The SMILES string of the molecule is O=C(O)N1CCC(c2nc3ncc([N+](=O)[O-])cc3[nH]2)CC1.